The molecule has 0 saturated heterocycles. The third kappa shape index (κ3) is 6.22. The van der Waals surface area contributed by atoms with Gasteiger partial charge in [0.15, 0.2) is 5.16 Å². The number of carbonyl (C=O) groups excluding carboxylic acids is 2. The maximum atomic E-state index is 13.4. The van der Waals surface area contributed by atoms with Crippen molar-refractivity contribution >= 4 is 29.3 Å². The van der Waals surface area contributed by atoms with E-state index in [4.69, 9.17) is 0 Å². The molecule has 1 fully saturated rings. The Hall–Kier alpha value is -3.20. The van der Waals surface area contributed by atoms with Gasteiger partial charge in [0, 0.05) is 25.2 Å². The number of hydrogen-bond acceptors (Lipinski definition) is 5. The average Bonchev–Trinajstić information content (AvgIpc) is 3.31. The van der Waals surface area contributed by atoms with E-state index in [1.165, 1.54) is 37.2 Å². The quantitative estimate of drug-likeness (QED) is 0.467. The second-order valence-electron chi connectivity index (χ2n) is 8.44. The highest BCUT2D eigenvalue weighted by atomic mass is 32.2. The van der Waals surface area contributed by atoms with Crippen LogP contribution in [0.4, 0.5) is 10.1 Å². The molecule has 2 amide bonds. The van der Waals surface area contributed by atoms with Crippen molar-refractivity contribution in [3.63, 3.8) is 0 Å². The number of anilines is 1. The smallest absolute Gasteiger partial charge is 0.233 e. The van der Waals surface area contributed by atoms with Gasteiger partial charge in [0.1, 0.15) is 12.1 Å². The summed E-state index contributed by atoms with van der Waals surface area (Å²) in [5, 5.41) is 11.6. The molecule has 7 nitrogen and oxygen atoms in total. The molecule has 0 atom stereocenters. The van der Waals surface area contributed by atoms with Crippen LogP contribution >= 0.6 is 11.8 Å². The van der Waals surface area contributed by atoms with Gasteiger partial charge < -0.3 is 10.2 Å². The third-order valence-corrected chi connectivity index (χ3v) is 6.82. The van der Waals surface area contributed by atoms with Crippen LogP contribution in [0.5, 0.6) is 0 Å². The predicted octanol–water partition coefficient (Wildman–Crippen LogP) is 4.82. The predicted molar refractivity (Wildman–Crippen MR) is 130 cm³/mol. The normalized spacial score (nSPS) is 14.1. The van der Waals surface area contributed by atoms with Crippen LogP contribution in [0.2, 0.25) is 0 Å². The minimum atomic E-state index is -0.281. The summed E-state index contributed by atoms with van der Waals surface area (Å²) < 4.78 is 15.2. The molecule has 0 spiro atoms. The van der Waals surface area contributed by atoms with Crippen molar-refractivity contribution in [3.8, 4) is 5.69 Å². The Morgan fingerprint density at radius 2 is 1.91 bits per heavy atom. The van der Waals surface area contributed by atoms with E-state index >= 15 is 0 Å². The number of benzene rings is 2. The van der Waals surface area contributed by atoms with Crippen molar-refractivity contribution in [1.29, 1.82) is 0 Å². The maximum absolute atomic E-state index is 13.4. The Kier molecular flexibility index (Phi) is 7.95. The standard InChI is InChI=1S/C25H28FN5O2S/c1-18(32)28-21-6-5-9-23(14-21)31-17-27-29-25(31)34-16-24(33)30(22-7-3-2-4-8-22)15-19-10-12-20(26)13-11-19/h5-6,9-14,17,22H,2-4,7-8,15-16H2,1H3,(H,28,32). The molecule has 0 aliphatic heterocycles. The van der Waals surface area contributed by atoms with Crippen molar-refractivity contribution in [2.75, 3.05) is 11.1 Å². The monoisotopic (exact) mass is 481 g/mol. The lowest BCUT2D eigenvalue weighted by Gasteiger charge is -2.34. The second-order valence-corrected chi connectivity index (χ2v) is 9.39. The highest BCUT2D eigenvalue weighted by Gasteiger charge is 2.26. The molecule has 0 radical (unpaired) electrons. The van der Waals surface area contributed by atoms with Gasteiger partial charge in [0.05, 0.1) is 11.4 Å². The fraction of sp³-hybridized carbons (Fsp3) is 0.360. The molecular weight excluding hydrogens is 453 g/mol. The number of carbonyl (C=O) groups is 2. The summed E-state index contributed by atoms with van der Waals surface area (Å²) in [5.41, 5.74) is 2.39. The largest absolute Gasteiger partial charge is 0.335 e. The summed E-state index contributed by atoms with van der Waals surface area (Å²) in [4.78, 5) is 26.7. The van der Waals surface area contributed by atoms with Crippen molar-refractivity contribution in [1.82, 2.24) is 19.7 Å². The summed E-state index contributed by atoms with van der Waals surface area (Å²) in [6.07, 6.45) is 7.00. The van der Waals surface area contributed by atoms with Gasteiger partial charge in [-0.2, -0.15) is 0 Å². The van der Waals surface area contributed by atoms with Crippen LogP contribution in [0.3, 0.4) is 0 Å². The Morgan fingerprint density at radius 3 is 2.65 bits per heavy atom. The Bertz CT molecular complexity index is 1130. The molecule has 1 heterocycles. The molecule has 178 valence electrons. The third-order valence-electron chi connectivity index (χ3n) is 5.89. The van der Waals surface area contributed by atoms with Gasteiger partial charge in [-0.3, -0.25) is 14.2 Å². The first-order valence-electron chi connectivity index (χ1n) is 11.4. The zero-order valence-electron chi connectivity index (χ0n) is 19.1. The maximum Gasteiger partial charge on any atom is 0.233 e. The molecule has 0 unspecified atom stereocenters. The number of nitrogens with zero attached hydrogens (tertiary/aromatic N) is 4. The molecule has 1 aliphatic rings. The van der Waals surface area contributed by atoms with E-state index in [1.807, 2.05) is 29.2 Å². The first kappa shape index (κ1) is 23.9. The van der Waals surface area contributed by atoms with Crippen LogP contribution in [0.25, 0.3) is 5.69 Å². The van der Waals surface area contributed by atoms with Crippen LogP contribution < -0.4 is 5.32 Å². The molecule has 34 heavy (non-hydrogen) atoms. The van der Waals surface area contributed by atoms with Crippen LogP contribution in [-0.4, -0.2) is 43.3 Å². The Labute approximate surface area is 202 Å². The summed E-state index contributed by atoms with van der Waals surface area (Å²) in [6, 6.07) is 13.9. The Morgan fingerprint density at radius 1 is 1.15 bits per heavy atom. The van der Waals surface area contributed by atoms with E-state index in [2.05, 4.69) is 15.5 Å². The van der Waals surface area contributed by atoms with Gasteiger partial charge in [-0.25, -0.2) is 4.39 Å². The molecule has 0 bridgehead atoms. The zero-order chi connectivity index (χ0) is 23.9. The van der Waals surface area contributed by atoms with Crippen LogP contribution in [0.1, 0.15) is 44.6 Å². The fourth-order valence-electron chi connectivity index (χ4n) is 4.25. The molecule has 2 aromatic carbocycles. The molecule has 3 aromatic rings. The SMILES string of the molecule is CC(=O)Nc1cccc(-n2cnnc2SCC(=O)N(Cc2ccc(F)cc2)C2CCCCC2)c1. The van der Waals surface area contributed by atoms with E-state index in [0.717, 1.165) is 36.9 Å². The molecule has 1 saturated carbocycles. The number of aromatic nitrogens is 3. The first-order chi connectivity index (χ1) is 16.5. The molecule has 4 rings (SSSR count). The lowest BCUT2D eigenvalue weighted by atomic mass is 9.94. The number of hydrogen-bond donors (Lipinski definition) is 1. The van der Waals surface area contributed by atoms with Crippen molar-refractivity contribution in [2.24, 2.45) is 0 Å². The Balaban J connectivity index is 1.47. The molecular formula is C25H28FN5O2S. The van der Waals surface area contributed by atoms with Gasteiger partial charge in [-0.1, -0.05) is 49.2 Å². The van der Waals surface area contributed by atoms with E-state index in [0.29, 0.717) is 17.4 Å². The van der Waals surface area contributed by atoms with E-state index in [9.17, 15) is 14.0 Å². The molecule has 1 aromatic heterocycles. The lowest BCUT2D eigenvalue weighted by molar-refractivity contribution is -0.132. The van der Waals surface area contributed by atoms with Gasteiger partial charge in [0.25, 0.3) is 0 Å². The van der Waals surface area contributed by atoms with Crippen molar-refractivity contribution in [2.45, 2.75) is 56.8 Å². The molecule has 1 N–H and O–H groups in total. The van der Waals surface area contributed by atoms with E-state index in [-0.39, 0.29) is 29.4 Å². The lowest BCUT2D eigenvalue weighted by Crippen LogP contribution is -2.42. The van der Waals surface area contributed by atoms with Crippen LogP contribution in [0.15, 0.2) is 60.0 Å². The summed E-state index contributed by atoms with van der Waals surface area (Å²) >= 11 is 1.33. The van der Waals surface area contributed by atoms with Gasteiger partial charge in [0.2, 0.25) is 11.8 Å². The fourth-order valence-corrected chi connectivity index (χ4v) is 5.06. The first-order valence-corrected chi connectivity index (χ1v) is 12.4. The zero-order valence-corrected chi connectivity index (χ0v) is 19.9. The van der Waals surface area contributed by atoms with Crippen molar-refractivity contribution in [3.05, 3.63) is 66.2 Å². The topological polar surface area (TPSA) is 80.1 Å². The van der Waals surface area contributed by atoms with E-state index < -0.39 is 0 Å². The van der Waals surface area contributed by atoms with Crippen LogP contribution in [-0.2, 0) is 16.1 Å². The number of halogens is 1. The summed E-state index contributed by atoms with van der Waals surface area (Å²) in [5.74, 6) is -0.175. The number of nitrogens with one attached hydrogen (secondary N) is 1. The molecule has 9 heteroatoms. The van der Waals surface area contributed by atoms with Gasteiger partial charge in [-0.15, -0.1) is 10.2 Å². The van der Waals surface area contributed by atoms with E-state index in [1.54, 1.807) is 23.0 Å². The average molecular weight is 482 g/mol. The van der Waals surface area contributed by atoms with Gasteiger partial charge in [-0.05, 0) is 48.7 Å². The summed E-state index contributed by atoms with van der Waals surface area (Å²) in [7, 11) is 0. The highest BCUT2D eigenvalue weighted by Crippen LogP contribution is 2.27. The second kappa shape index (κ2) is 11.3. The number of amides is 2. The minimum absolute atomic E-state index is 0.0303. The number of rotatable bonds is 8. The van der Waals surface area contributed by atoms with Crippen molar-refractivity contribution < 1.29 is 14.0 Å². The van der Waals surface area contributed by atoms with Gasteiger partial charge >= 0.3 is 0 Å². The molecule has 1 aliphatic carbocycles. The van der Waals surface area contributed by atoms with Crippen LogP contribution in [0, 0.1) is 5.82 Å². The number of thioether (sulfide) groups is 1. The minimum Gasteiger partial charge on any atom is -0.335 e. The highest BCUT2D eigenvalue weighted by molar-refractivity contribution is 7.99. The summed E-state index contributed by atoms with van der Waals surface area (Å²) in [6.45, 7) is 1.93.